The molecule has 2 unspecified atom stereocenters. The molecule has 1 fully saturated rings. The van der Waals surface area contributed by atoms with Crippen molar-refractivity contribution < 1.29 is 4.42 Å². The minimum atomic E-state index is 0.649. The van der Waals surface area contributed by atoms with Gasteiger partial charge in [0.25, 0.3) is 0 Å². The molecule has 1 aliphatic rings. The summed E-state index contributed by atoms with van der Waals surface area (Å²) in [6.45, 7) is 5.81. The van der Waals surface area contributed by atoms with Crippen LogP contribution >= 0.6 is 0 Å². The van der Waals surface area contributed by atoms with E-state index in [4.69, 9.17) is 4.42 Å². The van der Waals surface area contributed by atoms with E-state index >= 15 is 0 Å². The molecule has 5 nitrogen and oxygen atoms in total. The average Bonchev–Trinajstić information content (AvgIpc) is 2.81. The van der Waals surface area contributed by atoms with Crippen LogP contribution in [0.2, 0.25) is 0 Å². The number of hydrogen-bond donors (Lipinski definition) is 0. The largest absolute Gasteiger partial charge is 0.464 e. The first-order valence-electron chi connectivity index (χ1n) is 7.16. The third-order valence-corrected chi connectivity index (χ3v) is 4.18. The third kappa shape index (κ3) is 2.63. The first kappa shape index (κ1) is 13.4. The van der Waals surface area contributed by atoms with Crippen LogP contribution in [0.4, 0.5) is 0 Å². The molecule has 0 amide bonds. The summed E-state index contributed by atoms with van der Waals surface area (Å²) in [5.74, 6) is 5.53. The van der Waals surface area contributed by atoms with Crippen LogP contribution in [-0.2, 0) is 20.1 Å². The highest BCUT2D eigenvalue weighted by atomic mass is 16.3. The lowest BCUT2D eigenvalue weighted by atomic mass is 10.3. The summed E-state index contributed by atoms with van der Waals surface area (Å²) in [5, 5.41) is 8.27. The van der Waals surface area contributed by atoms with E-state index in [0.717, 1.165) is 42.2 Å². The van der Waals surface area contributed by atoms with E-state index in [2.05, 4.69) is 41.2 Å². The highest BCUT2D eigenvalue weighted by molar-refractivity contribution is 5.17. The molecule has 2 heterocycles. The SMILES string of the molecule is Cc1nnc(CN(C)Cc2ccc(C3CC3C)o2)n1C. The Morgan fingerprint density at radius 2 is 2.10 bits per heavy atom. The van der Waals surface area contributed by atoms with Crippen molar-refractivity contribution in [1.29, 1.82) is 0 Å². The zero-order chi connectivity index (χ0) is 14.3. The molecule has 0 N–H and O–H groups in total. The summed E-state index contributed by atoms with van der Waals surface area (Å²) >= 11 is 0. The molecule has 2 aromatic rings. The van der Waals surface area contributed by atoms with Gasteiger partial charge >= 0.3 is 0 Å². The van der Waals surface area contributed by atoms with Crippen LogP contribution < -0.4 is 0 Å². The number of aryl methyl sites for hydroxylation is 1. The quantitative estimate of drug-likeness (QED) is 0.840. The van der Waals surface area contributed by atoms with E-state index in [-0.39, 0.29) is 0 Å². The second kappa shape index (κ2) is 5.05. The van der Waals surface area contributed by atoms with E-state index < -0.39 is 0 Å². The minimum Gasteiger partial charge on any atom is -0.464 e. The molecule has 1 saturated carbocycles. The Morgan fingerprint density at radius 3 is 2.70 bits per heavy atom. The highest BCUT2D eigenvalue weighted by Gasteiger charge is 2.36. The van der Waals surface area contributed by atoms with Gasteiger partial charge in [-0.15, -0.1) is 10.2 Å². The lowest BCUT2D eigenvalue weighted by molar-refractivity contribution is 0.274. The van der Waals surface area contributed by atoms with Crippen molar-refractivity contribution in [2.75, 3.05) is 7.05 Å². The van der Waals surface area contributed by atoms with Gasteiger partial charge in [0, 0.05) is 13.0 Å². The maximum Gasteiger partial charge on any atom is 0.146 e. The van der Waals surface area contributed by atoms with Crippen LogP contribution in [-0.4, -0.2) is 26.7 Å². The summed E-state index contributed by atoms with van der Waals surface area (Å²) in [5.41, 5.74) is 0. The molecule has 3 rings (SSSR count). The van der Waals surface area contributed by atoms with Crippen LogP contribution in [0.1, 0.15) is 42.4 Å². The van der Waals surface area contributed by atoms with E-state index in [1.807, 2.05) is 18.5 Å². The lowest BCUT2D eigenvalue weighted by Crippen LogP contribution is -2.19. The molecular formula is C15H22N4O. The van der Waals surface area contributed by atoms with Crippen molar-refractivity contribution in [3.05, 3.63) is 35.3 Å². The van der Waals surface area contributed by atoms with Gasteiger partial charge < -0.3 is 8.98 Å². The maximum atomic E-state index is 5.94. The second-order valence-electron chi connectivity index (χ2n) is 6.02. The molecule has 0 aromatic carbocycles. The van der Waals surface area contributed by atoms with Gasteiger partial charge in [0.05, 0.1) is 13.1 Å². The monoisotopic (exact) mass is 274 g/mol. The second-order valence-corrected chi connectivity index (χ2v) is 6.02. The van der Waals surface area contributed by atoms with Crippen LogP contribution in [0, 0.1) is 12.8 Å². The van der Waals surface area contributed by atoms with E-state index in [0.29, 0.717) is 5.92 Å². The van der Waals surface area contributed by atoms with E-state index in [9.17, 15) is 0 Å². The fourth-order valence-corrected chi connectivity index (χ4v) is 2.55. The third-order valence-electron chi connectivity index (χ3n) is 4.18. The summed E-state index contributed by atoms with van der Waals surface area (Å²) in [7, 11) is 4.07. The predicted molar refractivity (Wildman–Crippen MR) is 76.1 cm³/mol. The van der Waals surface area contributed by atoms with Gasteiger partial charge in [-0.25, -0.2) is 0 Å². The first-order chi connectivity index (χ1) is 9.54. The van der Waals surface area contributed by atoms with Crippen molar-refractivity contribution in [1.82, 2.24) is 19.7 Å². The molecule has 0 radical (unpaired) electrons. The lowest BCUT2D eigenvalue weighted by Gasteiger charge is -2.14. The Balaban J connectivity index is 1.59. The Morgan fingerprint density at radius 1 is 1.35 bits per heavy atom. The van der Waals surface area contributed by atoms with Crippen LogP contribution in [0.25, 0.3) is 0 Å². The molecular weight excluding hydrogens is 252 g/mol. The highest BCUT2D eigenvalue weighted by Crippen LogP contribution is 2.47. The summed E-state index contributed by atoms with van der Waals surface area (Å²) < 4.78 is 7.96. The Labute approximate surface area is 119 Å². The summed E-state index contributed by atoms with van der Waals surface area (Å²) in [6, 6.07) is 4.22. The number of hydrogen-bond acceptors (Lipinski definition) is 4. The standard InChI is InChI=1S/C15H22N4O/c1-10-7-13(10)14-6-5-12(20-14)8-18(3)9-15-17-16-11(2)19(15)4/h5-6,10,13H,7-9H2,1-4H3. The molecule has 0 bridgehead atoms. The van der Waals surface area contributed by atoms with E-state index in [1.165, 1.54) is 6.42 Å². The fourth-order valence-electron chi connectivity index (χ4n) is 2.55. The maximum absolute atomic E-state index is 5.94. The molecule has 2 aromatic heterocycles. The fraction of sp³-hybridized carbons (Fsp3) is 0.600. The van der Waals surface area contributed by atoms with Crippen molar-refractivity contribution in [2.45, 2.75) is 39.3 Å². The molecule has 2 atom stereocenters. The zero-order valence-electron chi connectivity index (χ0n) is 12.6. The molecule has 20 heavy (non-hydrogen) atoms. The molecule has 0 saturated heterocycles. The molecule has 0 aliphatic heterocycles. The van der Waals surface area contributed by atoms with Gasteiger partial charge in [-0.3, -0.25) is 4.90 Å². The normalized spacial score (nSPS) is 21.6. The van der Waals surface area contributed by atoms with Gasteiger partial charge in [-0.2, -0.15) is 0 Å². The Kier molecular flexibility index (Phi) is 3.38. The van der Waals surface area contributed by atoms with Crippen LogP contribution in [0.15, 0.2) is 16.5 Å². The molecule has 5 heteroatoms. The smallest absolute Gasteiger partial charge is 0.146 e. The average molecular weight is 274 g/mol. The van der Waals surface area contributed by atoms with Gasteiger partial charge in [-0.1, -0.05) is 6.92 Å². The Hall–Kier alpha value is -1.62. The number of furan rings is 1. The summed E-state index contributed by atoms with van der Waals surface area (Å²) in [6.07, 6.45) is 1.26. The Bertz CT molecular complexity index is 601. The zero-order valence-corrected chi connectivity index (χ0v) is 12.6. The van der Waals surface area contributed by atoms with Gasteiger partial charge in [-0.05, 0) is 38.4 Å². The number of nitrogens with zero attached hydrogens (tertiary/aromatic N) is 4. The van der Waals surface area contributed by atoms with Gasteiger partial charge in [0.1, 0.15) is 23.2 Å². The molecule has 108 valence electrons. The molecule has 0 spiro atoms. The van der Waals surface area contributed by atoms with Gasteiger partial charge in [0.2, 0.25) is 0 Å². The van der Waals surface area contributed by atoms with Crippen molar-refractivity contribution in [2.24, 2.45) is 13.0 Å². The molecule has 1 aliphatic carbocycles. The van der Waals surface area contributed by atoms with Gasteiger partial charge in [0.15, 0.2) is 0 Å². The van der Waals surface area contributed by atoms with E-state index in [1.54, 1.807) is 0 Å². The topological polar surface area (TPSA) is 47.1 Å². The first-order valence-corrected chi connectivity index (χ1v) is 7.16. The predicted octanol–water partition coefficient (Wildman–Crippen LogP) is 2.47. The summed E-state index contributed by atoms with van der Waals surface area (Å²) in [4.78, 5) is 2.20. The number of aromatic nitrogens is 3. The van der Waals surface area contributed by atoms with Crippen molar-refractivity contribution in [3.63, 3.8) is 0 Å². The minimum absolute atomic E-state index is 0.649. The van der Waals surface area contributed by atoms with Crippen molar-refractivity contribution in [3.8, 4) is 0 Å². The van der Waals surface area contributed by atoms with Crippen molar-refractivity contribution >= 4 is 0 Å². The van der Waals surface area contributed by atoms with Crippen LogP contribution in [0.3, 0.4) is 0 Å². The van der Waals surface area contributed by atoms with Crippen LogP contribution in [0.5, 0.6) is 0 Å². The number of rotatable bonds is 5.